The number of carbonyl (C=O) groups is 1. The van der Waals surface area contributed by atoms with Gasteiger partial charge in [0.05, 0.1) is 6.54 Å². The fourth-order valence-electron chi connectivity index (χ4n) is 1.13. The van der Waals surface area contributed by atoms with Crippen LogP contribution in [0.3, 0.4) is 0 Å². The van der Waals surface area contributed by atoms with E-state index in [4.69, 9.17) is 5.73 Å². The second kappa shape index (κ2) is 4.76. The third-order valence-electron chi connectivity index (χ3n) is 1.86. The summed E-state index contributed by atoms with van der Waals surface area (Å²) in [6.45, 7) is 2.32. The lowest BCUT2D eigenvalue weighted by Gasteiger charge is -2.16. The Labute approximate surface area is 83.3 Å². The van der Waals surface area contributed by atoms with Gasteiger partial charge in [-0.05, 0) is 6.92 Å². The third kappa shape index (κ3) is 3.18. The van der Waals surface area contributed by atoms with E-state index in [-0.39, 0.29) is 11.9 Å². The Morgan fingerprint density at radius 2 is 2.50 bits per heavy atom. The van der Waals surface area contributed by atoms with Crippen LogP contribution >= 0.6 is 0 Å². The fraction of sp³-hybridized carbons (Fsp3) is 0.556. The highest BCUT2D eigenvalue weighted by molar-refractivity contribution is 5.76. The molecule has 14 heavy (non-hydrogen) atoms. The number of hydrogen-bond donors (Lipinski definition) is 2. The van der Waals surface area contributed by atoms with Gasteiger partial charge in [0.2, 0.25) is 5.91 Å². The summed E-state index contributed by atoms with van der Waals surface area (Å²) in [5.74, 6) is 0.821. The van der Waals surface area contributed by atoms with Crippen molar-refractivity contribution in [2.75, 3.05) is 7.05 Å². The Bertz CT molecular complexity index is 281. The molecule has 0 saturated heterocycles. The number of aromatic nitrogens is 2. The van der Waals surface area contributed by atoms with E-state index in [0.29, 0.717) is 13.0 Å². The lowest BCUT2D eigenvalue weighted by atomic mass is 10.2. The molecule has 1 aromatic rings. The minimum absolute atomic E-state index is 0.0383. The second-order valence-corrected chi connectivity index (χ2v) is 3.47. The molecular weight excluding hydrogens is 180 g/mol. The predicted octanol–water partition coefficient (Wildman–Crippen LogP) is 0.105. The maximum Gasteiger partial charge on any atom is 0.224 e. The molecule has 5 nitrogen and oxygen atoms in total. The number of amides is 1. The number of nitrogens with one attached hydrogen (secondary N) is 1. The first-order chi connectivity index (χ1) is 6.59. The first kappa shape index (κ1) is 10.7. The number of hydrogen-bond acceptors (Lipinski definition) is 3. The largest absolute Gasteiger partial charge is 0.347 e. The van der Waals surface area contributed by atoms with Crippen LogP contribution in [0.4, 0.5) is 0 Å². The molecule has 0 spiro atoms. The van der Waals surface area contributed by atoms with E-state index in [9.17, 15) is 4.79 Å². The van der Waals surface area contributed by atoms with Gasteiger partial charge in [-0.15, -0.1) is 0 Å². The van der Waals surface area contributed by atoms with E-state index in [1.807, 2.05) is 6.92 Å². The van der Waals surface area contributed by atoms with Crippen LogP contribution in [-0.2, 0) is 11.3 Å². The zero-order valence-electron chi connectivity index (χ0n) is 8.53. The van der Waals surface area contributed by atoms with Crippen molar-refractivity contribution < 1.29 is 4.79 Å². The first-order valence-corrected chi connectivity index (χ1v) is 4.57. The summed E-state index contributed by atoms with van der Waals surface area (Å²) in [5, 5.41) is 0. The smallest absolute Gasteiger partial charge is 0.224 e. The van der Waals surface area contributed by atoms with Crippen LogP contribution in [0.1, 0.15) is 19.2 Å². The molecule has 1 unspecified atom stereocenters. The van der Waals surface area contributed by atoms with Crippen LogP contribution in [0.2, 0.25) is 0 Å². The van der Waals surface area contributed by atoms with Gasteiger partial charge in [0, 0.05) is 31.9 Å². The van der Waals surface area contributed by atoms with Gasteiger partial charge < -0.3 is 15.6 Å². The van der Waals surface area contributed by atoms with Crippen molar-refractivity contribution in [3.05, 3.63) is 18.2 Å². The Hall–Kier alpha value is -1.36. The molecule has 1 rings (SSSR count). The number of rotatable bonds is 4. The highest BCUT2D eigenvalue weighted by Crippen LogP contribution is 1.99. The van der Waals surface area contributed by atoms with Crippen molar-refractivity contribution in [1.82, 2.24) is 14.9 Å². The summed E-state index contributed by atoms with van der Waals surface area (Å²) in [7, 11) is 1.74. The van der Waals surface area contributed by atoms with Crippen molar-refractivity contribution in [2.24, 2.45) is 5.73 Å². The normalized spacial score (nSPS) is 12.5. The lowest BCUT2D eigenvalue weighted by Crippen LogP contribution is -2.31. The Morgan fingerprint density at radius 3 is 3.00 bits per heavy atom. The molecule has 5 heteroatoms. The second-order valence-electron chi connectivity index (χ2n) is 3.47. The zero-order valence-corrected chi connectivity index (χ0v) is 8.53. The number of nitrogens with zero attached hydrogens (tertiary/aromatic N) is 2. The van der Waals surface area contributed by atoms with Gasteiger partial charge in [-0.1, -0.05) is 0 Å². The predicted molar refractivity (Wildman–Crippen MR) is 53.3 cm³/mol. The van der Waals surface area contributed by atoms with E-state index in [1.54, 1.807) is 24.3 Å². The molecule has 0 radical (unpaired) electrons. The Morgan fingerprint density at radius 1 is 1.79 bits per heavy atom. The molecule has 0 fully saturated rings. The van der Waals surface area contributed by atoms with Crippen molar-refractivity contribution in [3.63, 3.8) is 0 Å². The lowest BCUT2D eigenvalue weighted by molar-refractivity contribution is -0.130. The van der Waals surface area contributed by atoms with E-state index >= 15 is 0 Å². The van der Waals surface area contributed by atoms with Gasteiger partial charge in [0.25, 0.3) is 0 Å². The van der Waals surface area contributed by atoms with Crippen molar-refractivity contribution >= 4 is 5.91 Å². The Kier molecular flexibility index (Phi) is 3.64. The van der Waals surface area contributed by atoms with Gasteiger partial charge in [0.1, 0.15) is 5.82 Å². The molecule has 0 aromatic carbocycles. The van der Waals surface area contributed by atoms with Crippen LogP contribution < -0.4 is 5.73 Å². The minimum atomic E-state index is -0.0958. The molecule has 0 aliphatic rings. The number of aromatic amines is 1. The molecule has 0 aliphatic carbocycles. The highest BCUT2D eigenvalue weighted by atomic mass is 16.2. The molecule has 78 valence electrons. The maximum atomic E-state index is 11.5. The number of nitrogens with two attached hydrogens (primary N) is 1. The van der Waals surface area contributed by atoms with Crippen LogP contribution in [0, 0.1) is 0 Å². The van der Waals surface area contributed by atoms with E-state index in [1.165, 1.54) is 0 Å². The van der Waals surface area contributed by atoms with Crippen LogP contribution in [0.25, 0.3) is 0 Å². The summed E-state index contributed by atoms with van der Waals surface area (Å²) in [4.78, 5) is 20.1. The van der Waals surface area contributed by atoms with Crippen LogP contribution in [0.5, 0.6) is 0 Å². The number of H-pyrrole nitrogens is 1. The van der Waals surface area contributed by atoms with Gasteiger partial charge in [-0.2, -0.15) is 0 Å². The summed E-state index contributed by atoms with van der Waals surface area (Å²) in [6, 6.07) is -0.0958. The highest BCUT2D eigenvalue weighted by Gasteiger charge is 2.11. The molecular formula is C9H16N4O. The topological polar surface area (TPSA) is 75.0 Å². The third-order valence-corrected chi connectivity index (χ3v) is 1.86. The van der Waals surface area contributed by atoms with Crippen LogP contribution in [0.15, 0.2) is 12.4 Å². The van der Waals surface area contributed by atoms with E-state index in [0.717, 1.165) is 5.82 Å². The molecule has 0 bridgehead atoms. The molecule has 3 N–H and O–H groups in total. The summed E-state index contributed by atoms with van der Waals surface area (Å²) >= 11 is 0. The quantitative estimate of drug-likeness (QED) is 0.717. The maximum absolute atomic E-state index is 11.5. The average Bonchev–Trinajstić information content (AvgIpc) is 2.55. The van der Waals surface area contributed by atoms with E-state index in [2.05, 4.69) is 9.97 Å². The fourth-order valence-corrected chi connectivity index (χ4v) is 1.13. The van der Waals surface area contributed by atoms with Gasteiger partial charge in [-0.25, -0.2) is 4.98 Å². The zero-order chi connectivity index (χ0) is 10.6. The average molecular weight is 196 g/mol. The van der Waals surface area contributed by atoms with Crippen molar-refractivity contribution in [2.45, 2.75) is 25.9 Å². The molecule has 1 atom stereocenters. The molecule has 1 amide bonds. The van der Waals surface area contributed by atoms with E-state index < -0.39 is 0 Å². The molecule has 0 saturated carbocycles. The monoisotopic (exact) mass is 196 g/mol. The minimum Gasteiger partial charge on any atom is -0.347 e. The summed E-state index contributed by atoms with van der Waals surface area (Å²) in [6.07, 6.45) is 3.77. The molecule has 1 aromatic heterocycles. The van der Waals surface area contributed by atoms with Gasteiger partial charge in [0.15, 0.2) is 0 Å². The number of imidazole rings is 1. The SMILES string of the molecule is CC(N)CC(=O)N(C)Cc1ncc[nH]1. The standard InChI is InChI=1S/C9H16N4O/c1-7(10)5-9(14)13(2)6-8-11-3-4-12-8/h3-4,7H,5-6,10H2,1-2H3,(H,11,12). The summed E-state index contributed by atoms with van der Waals surface area (Å²) < 4.78 is 0. The van der Waals surface area contributed by atoms with Gasteiger partial charge >= 0.3 is 0 Å². The van der Waals surface area contributed by atoms with Crippen molar-refractivity contribution in [3.8, 4) is 0 Å². The number of carbonyl (C=O) groups excluding carboxylic acids is 1. The molecule has 1 heterocycles. The van der Waals surface area contributed by atoms with Crippen LogP contribution in [-0.4, -0.2) is 33.9 Å². The van der Waals surface area contributed by atoms with Crippen molar-refractivity contribution in [1.29, 1.82) is 0 Å². The van der Waals surface area contributed by atoms with Gasteiger partial charge in [-0.3, -0.25) is 4.79 Å². The first-order valence-electron chi connectivity index (χ1n) is 4.57. The Balaban J connectivity index is 2.42. The summed E-state index contributed by atoms with van der Waals surface area (Å²) in [5.41, 5.74) is 5.53. The molecule has 0 aliphatic heterocycles.